The lowest BCUT2D eigenvalue weighted by molar-refractivity contribution is -0.132. The number of amides is 1. The number of phenols is 1. The number of aliphatic hydroxyl groups is 1. The maximum Gasteiger partial charge on any atom is 0.300 e. The maximum atomic E-state index is 13.2. The van der Waals surface area contributed by atoms with Crippen molar-refractivity contribution in [3.8, 4) is 17.2 Å². The summed E-state index contributed by atoms with van der Waals surface area (Å²) in [7, 11) is 1.41. The number of ether oxygens (including phenoxy) is 2. The van der Waals surface area contributed by atoms with E-state index in [0.29, 0.717) is 29.2 Å². The summed E-state index contributed by atoms with van der Waals surface area (Å²) in [5.74, 6) is -1.12. The third kappa shape index (κ3) is 4.01. The SMILES string of the molecule is CCOc1ccc(N2C(=O)C(=O)/C(=C(/O)c3ccccc3)[C@H]2c2ccc(O)c(OC)c2)cc1. The summed E-state index contributed by atoms with van der Waals surface area (Å²) >= 11 is 0. The summed E-state index contributed by atoms with van der Waals surface area (Å²) in [6.07, 6.45) is 0. The van der Waals surface area contributed by atoms with Crippen LogP contribution in [0.4, 0.5) is 5.69 Å². The third-order valence-corrected chi connectivity index (χ3v) is 5.44. The Labute approximate surface area is 191 Å². The van der Waals surface area contributed by atoms with Gasteiger partial charge >= 0.3 is 0 Å². The average molecular weight is 445 g/mol. The predicted octanol–water partition coefficient (Wildman–Crippen LogP) is 4.43. The molecular formula is C26H23NO6. The number of hydrogen-bond acceptors (Lipinski definition) is 6. The Balaban J connectivity index is 1.92. The number of benzene rings is 3. The zero-order valence-electron chi connectivity index (χ0n) is 18.2. The molecule has 1 heterocycles. The summed E-state index contributed by atoms with van der Waals surface area (Å²) in [5, 5.41) is 21.1. The van der Waals surface area contributed by atoms with Gasteiger partial charge in [-0.15, -0.1) is 0 Å². The number of nitrogens with zero attached hydrogens (tertiary/aromatic N) is 1. The van der Waals surface area contributed by atoms with Gasteiger partial charge in [0.1, 0.15) is 11.5 Å². The Morgan fingerprint density at radius 1 is 1.00 bits per heavy atom. The van der Waals surface area contributed by atoms with Gasteiger partial charge < -0.3 is 19.7 Å². The number of anilines is 1. The second-order valence-corrected chi connectivity index (χ2v) is 7.39. The number of hydrogen-bond donors (Lipinski definition) is 2. The van der Waals surface area contributed by atoms with Crippen molar-refractivity contribution >= 4 is 23.1 Å². The van der Waals surface area contributed by atoms with Crippen LogP contribution in [0, 0.1) is 0 Å². The fourth-order valence-corrected chi connectivity index (χ4v) is 3.90. The number of aromatic hydroxyl groups is 1. The number of methoxy groups -OCH3 is 1. The molecule has 0 unspecified atom stereocenters. The van der Waals surface area contributed by atoms with E-state index in [1.807, 2.05) is 6.92 Å². The molecule has 1 fully saturated rings. The largest absolute Gasteiger partial charge is 0.507 e. The molecule has 1 aliphatic heterocycles. The van der Waals surface area contributed by atoms with E-state index in [0.717, 1.165) is 0 Å². The molecule has 2 N–H and O–H groups in total. The van der Waals surface area contributed by atoms with Gasteiger partial charge in [0.2, 0.25) is 0 Å². The topological polar surface area (TPSA) is 96.3 Å². The van der Waals surface area contributed by atoms with Crippen LogP contribution in [0.25, 0.3) is 5.76 Å². The lowest BCUT2D eigenvalue weighted by Gasteiger charge is -2.26. The molecule has 168 valence electrons. The molecular weight excluding hydrogens is 422 g/mol. The van der Waals surface area contributed by atoms with Gasteiger partial charge in [0, 0.05) is 11.3 Å². The van der Waals surface area contributed by atoms with Crippen LogP contribution in [-0.2, 0) is 9.59 Å². The summed E-state index contributed by atoms with van der Waals surface area (Å²) in [6, 6.07) is 19.0. The molecule has 0 aliphatic carbocycles. The molecule has 3 aromatic rings. The zero-order chi connectivity index (χ0) is 23.5. The van der Waals surface area contributed by atoms with E-state index in [4.69, 9.17) is 9.47 Å². The lowest BCUT2D eigenvalue weighted by atomic mass is 9.95. The standard InChI is InChI=1S/C26H23NO6/c1-3-33-19-12-10-18(11-13-19)27-23(17-9-14-20(28)21(15-17)32-2)22(25(30)26(27)31)24(29)16-7-5-4-6-8-16/h4-15,23,28-29H,3H2,1-2H3/b24-22+/t23-/m1/s1. The molecule has 0 bridgehead atoms. The van der Waals surface area contributed by atoms with Crippen LogP contribution in [0.3, 0.4) is 0 Å². The van der Waals surface area contributed by atoms with Crippen LogP contribution in [0.5, 0.6) is 17.2 Å². The van der Waals surface area contributed by atoms with Crippen molar-refractivity contribution < 1.29 is 29.3 Å². The Morgan fingerprint density at radius 3 is 2.33 bits per heavy atom. The quantitative estimate of drug-likeness (QED) is 0.331. The van der Waals surface area contributed by atoms with Crippen LogP contribution in [0.1, 0.15) is 24.1 Å². The minimum absolute atomic E-state index is 0.0483. The first kappa shape index (κ1) is 22.0. The van der Waals surface area contributed by atoms with Gasteiger partial charge in [-0.05, 0) is 48.9 Å². The van der Waals surface area contributed by atoms with Gasteiger partial charge in [0.15, 0.2) is 11.5 Å². The second-order valence-electron chi connectivity index (χ2n) is 7.39. The summed E-state index contributed by atoms with van der Waals surface area (Å²) in [4.78, 5) is 27.7. The van der Waals surface area contributed by atoms with Crippen LogP contribution in [0.15, 0.2) is 78.4 Å². The summed E-state index contributed by atoms with van der Waals surface area (Å²) in [6.45, 7) is 2.36. The van der Waals surface area contributed by atoms with Gasteiger partial charge in [-0.2, -0.15) is 0 Å². The van der Waals surface area contributed by atoms with Crippen LogP contribution >= 0.6 is 0 Å². The smallest absolute Gasteiger partial charge is 0.300 e. The molecule has 0 spiro atoms. The predicted molar refractivity (Wildman–Crippen MR) is 123 cm³/mol. The normalized spacial score (nSPS) is 17.3. The van der Waals surface area contributed by atoms with Crippen LogP contribution in [-0.4, -0.2) is 35.6 Å². The molecule has 0 radical (unpaired) electrons. The van der Waals surface area contributed by atoms with Gasteiger partial charge in [-0.3, -0.25) is 14.5 Å². The van der Waals surface area contributed by atoms with Crippen LogP contribution < -0.4 is 14.4 Å². The van der Waals surface area contributed by atoms with E-state index in [1.165, 1.54) is 18.1 Å². The Hall–Kier alpha value is -4.26. The van der Waals surface area contributed by atoms with Crippen LogP contribution in [0.2, 0.25) is 0 Å². The first-order chi connectivity index (χ1) is 16.0. The number of aliphatic hydroxyl groups excluding tert-OH is 1. The number of carbonyl (C=O) groups excluding carboxylic acids is 2. The van der Waals surface area contributed by atoms with Crippen molar-refractivity contribution in [2.75, 3.05) is 18.6 Å². The van der Waals surface area contributed by atoms with E-state index in [1.54, 1.807) is 66.7 Å². The highest BCUT2D eigenvalue weighted by Gasteiger charge is 2.47. The average Bonchev–Trinajstić information content (AvgIpc) is 3.10. The summed E-state index contributed by atoms with van der Waals surface area (Å²) in [5.41, 5.74) is 1.32. The van der Waals surface area contributed by atoms with E-state index in [-0.39, 0.29) is 22.8 Å². The van der Waals surface area contributed by atoms with Crippen molar-refractivity contribution in [1.29, 1.82) is 0 Å². The molecule has 7 heteroatoms. The monoisotopic (exact) mass is 445 g/mol. The molecule has 4 rings (SSSR count). The third-order valence-electron chi connectivity index (χ3n) is 5.44. The van der Waals surface area contributed by atoms with E-state index >= 15 is 0 Å². The number of carbonyl (C=O) groups is 2. The van der Waals surface area contributed by atoms with Gasteiger partial charge in [-0.1, -0.05) is 36.4 Å². The van der Waals surface area contributed by atoms with E-state index < -0.39 is 17.7 Å². The van der Waals surface area contributed by atoms with Gasteiger partial charge in [0.05, 0.1) is 25.3 Å². The molecule has 33 heavy (non-hydrogen) atoms. The highest BCUT2D eigenvalue weighted by molar-refractivity contribution is 6.51. The van der Waals surface area contributed by atoms with Crippen molar-refractivity contribution in [1.82, 2.24) is 0 Å². The van der Waals surface area contributed by atoms with Gasteiger partial charge in [-0.25, -0.2) is 0 Å². The highest BCUT2D eigenvalue weighted by Crippen LogP contribution is 2.44. The van der Waals surface area contributed by atoms with Crippen molar-refractivity contribution in [3.05, 3.63) is 89.5 Å². The van der Waals surface area contributed by atoms with Crippen molar-refractivity contribution in [2.45, 2.75) is 13.0 Å². The molecule has 0 saturated carbocycles. The van der Waals surface area contributed by atoms with E-state index in [2.05, 4.69) is 0 Å². The minimum Gasteiger partial charge on any atom is -0.507 e. The molecule has 1 aliphatic rings. The molecule has 0 aromatic heterocycles. The number of Topliss-reactive ketones (excluding diaryl/α,β-unsaturated/α-hetero) is 1. The fraction of sp³-hybridized carbons (Fsp3) is 0.154. The Morgan fingerprint density at radius 2 is 1.70 bits per heavy atom. The minimum atomic E-state index is -0.933. The lowest BCUT2D eigenvalue weighted by Crippen LogP contribution is -2.29. The number of ketones is 1. The number of rotatable bonds is 6. The second kappa shape index (κ2) is 9.08. The van der Waals surface area contributed by atoms with Crippen molar-refractivity contribution in [3.63, 3.8) is 0 Å². The molecule has 3 aromatic carbocycles. The Bertz CT molecular complexity index is 1220. The summed E-state index contributed by atoms with van der Waals surface area (Å²) < 4.78 is 10.7. The Kier molecular flexibility index (Phi) is 6.04. The maximum absolute atomic E-state index is 13.2. The zero-order valence-corrected chi connectivity index (χ0v) is 18.2. The van der Waals surface area contributed by atoms with Gasteiger partial charge in [0.25, 0.3) is 11.7 Å². The van der Waals surface area contributed by atoms with Crippen molar-refractivity contribution in [2.24, 2.45) is 0 Å². The molecule has 1 amide bonds. The highest BCUT2D eigenvalue weighted by atomic mass is 16.5. The van der Waals surface area contributed by atoms with E-state index in [9.17, 15) is 19.8 Å². The molecule has 1 saturated heterocycles. The number of phenolic OH excluding ortho intramolecular Hbond substituents is 1. The molecule has 7 nitrogen and oxygen atoms in total. The molecule has 1 atom stereocenters. The first-order valence-corrected chi connectivity index (χ1v) is 10.4. The fourth-order valence-electron chi connectivity index (χ4n) is 3.90. The first-order valence-electron chi connectivity index (χ1n) is 10.4.